The van der Waals surface area contributed by atoms with Gasteiger partial charge in [-0.25, -0.2) is 9.78 Å². The number of aromatic amines is 1. The first kappa shape index (κ1) is 15.3. The number of thioether (sulfide) groups is 1. The second-order valence-corrected chi connectivity index (χ2v) is 5.97. The maximum atomic E-state index is 11.9. The van der Waals surface area contributed by atoms with Gasteiger partial charge in [-0.05, 0) is 13.8 Å². The summed E-state index contributed by atoms with van der Waals surface area (Å²) in [5, 5.41) is 16.8. The predicted molar refractivity (Wildman–Crippen MR) is 80.1 cm³/mol. The van der Waals surface area contributed by atoms with E-state index < -0.39 is 5.97 Å². The van der Waals surface area contributed by atoms with E-state index in [0.717, 1.165) is 11.3 Å². The molecular weight excluding hydrogens is 310 g/mol. The van der Waals surface area contributed by atoms with E-state index >= 15 is 0 Å². The maximum absolute atomic E-state index is 11.9. The lowest BCUT2D eigenvalue weighted by atomic mass is 10.2. The lowest BCUT2D eigenvalue weighted by Gasteiger charge is -2.02. The van der Waals surface area contributed by atoms with Crippen LogP contribution in [0.25, 0.3) is 0 Å². The number of anilines is 1. The van der Waals surface area contributed by atoms with Gasteiger partial charge in [0.1, 0.15) is 21.8 Å². The van der Waals surface area contributed by atoms with Gasteiger partial charge in [-0.2, -0.15) is 5.26 Å². The average molecular weight is 323 g/mol. The Morgan fingerprint density at radius 3 is 2.95 bits per heavy atom. The van der Waals surface area contributed by atoms with Crippen molar-refractivity contribution in [3.63, 3.8) is 0 Å². The van der Waals surface area contributed by atoms with Crippen LogP contribution in [0.3, 0.4) is 0 Å². The summed E-state index contributed by atoms with van der Waals surface area (Å²) < 4.78 is 5.00. The van der Waals surface area contributed by atoms with Crippen molar-refractivity contribution < 1.29 is 9.53 Å². The average Bonchev–Trinajstić information content (AvgIpc) is 3.00. The smallest absolute Gasteiger partial charge is 0.348 e. The van der Waals surface area contributed by atoms with Crippen LogP contribution in [-0.4, -0.2) is 27.8 Å². The first-order chi connectivity index (χ1) is 10.1. The van der Waals surface area contributed by atoms with Crippen LogP contribution >= 0.6 is 23.1 Å². The number of hydrogen-bond donors (Lipinski definition) is 2. The molecule has 9 heteroatoms. The number of carbonyl (C=O) groups excluding carboxylic acids is 1. The molecule has 0 radical (unpaired) electrons. The molecule has 2 aromatic heterocycles. The van der Waals surface area contributed by atoms with Gasteiger partial charge in [0, 0.05) is 11.3 Å². The molecule has 2 heterocycles. The standard InChI is InChI=1S/C12H13N5O2S2/c1-3-19-11(18)9-8(7(4-13)10(14)21-9)5-20-12-15-6(2)16-17-12/h3,5,14H2,1-2H3,(H,15,16,17). The van der Waals surface area contributed by atoms with E-state index in [1.165, 1.54) is 11.8 Å². The van der Waals surface area contributed by atoms with Crippen molar-refractivity contribution in [2.45, 2.75) is 24.8 Å². The molecule has 0 aliphatic heterocycles. The highest BCUT2D eigenvalue weighted by molar-refractivity contribution is 7.98. The normalized spacial score (nSPS) is 10.3. The Morgan fingerprint density at radius 2 is 2.38 bits per heavy atom. The van der Waals surface area contributed by atoms with Crippen LogP contribution in [0.4, 0.5) is 5.00 Å². The SMILES string of the molecule is CCOC(=O)c1sc(N)c(C#N)c1CSc1n[nH]c(C)n1. The van der Waals surface area contributed by atoms with Crippen LogP contribution in [-0.2, 0) is 10.5 Å². The summed E-state index contributed by atoms with van der Waals surface area (Å²) in [5.74, 6) is 0.619. The molecule has 0 fully saturated rings. The van der Waals surface area contributed by atoms with Crippen LogP contribution in [0.5, 0.6) is 0 Å². The predicted octanol–water partition coefficient (Wildman–Crippen LogP) is 2.10. The molecule has 0 aliphatic carbocycles. The fraction of sp³-hybridized carbons (Fsp3) is 0.333. The van der Waals surface area contributed by atoms with Crippen molar-refractivity contribution in [3.8, 4) is 6.07 Å². The molecule has 21 heavy (non-hydrogen) atoms. The molecule has 0 atom stereocenters. The van der Waals surface area contributed by atoms with Gasteiger partial charge in [0.05, 0.1) is 12.2 Å². The number of nitrogen functional groups attached to an aromatic ring is 1. The molecule has 2 rings (SSSR count). The minimum Gasteiger partial charge on any atom is -0.462 e. The third-order valence-electron chi connectivity index (χ3n) is 2.53. The molecule has 0 saturated heterocycles. The van der Waals surface area contributed by atoms with Gasteiger partial charge < -0.3 is 10.5 Å². The molecule has 0 spiro atoms. The summed E-state index contributed by atoms with van der Waals surface area (Å²) in [6.45, 7) is 3.79. The number of carbonyl (C=O) groups is 1. The first-order valence-electron chi connectivity index (χ1n) is 6.07. The number of nitrogens with one attached hydrogen (secondary N) is 1. The highest BCUT2D eigenvalue weighted by atomic mass is 32.2. The van der Waals surface area contributed by atoms with Crippen molar-refractivity contribution in [1.82, 2.24) is 15.2 Å². The van der Waals surface area contributed by atoms with E-state index in [1.54, 1.807) is 13.8 Å². The number of nitrogens with two attached hydrogens (primary N) is 1. The molecule has 7 nitrogen and oxygen atoms in total. The van der Waals surface area contributed by atoms with Crippen molar-refractivity contribution in [1.29, 1.82) is 5.26 Å². The Balaban J connectivity index is 2.27. The second kappa shape index (κ2) is 6.60. The lowest BCUT2D eigenvalue weighted by Crippen LogP contribution is -2.05. The van der Waals surface area contributed by atoms with E-state index in [-0.39, 0.29) is 6.61 Å². The topological polar surface area (TPSA) is 118 Å². The molecule has 0 aliphatic rings. The highest BCUT2D eigenvalue weighted by Crippen LogP contribution is 2.34. The van der Waals surface area contributed by atoms with E-state index in [4.69, 9.17) is 10.5 Å². The van der Waals surface area contributed by atoms with Gasteiger partial charge in [-0.15, -0.1) is 16.4 Å². The fourth-order valence-corrected chi connectivity index (χ4v) is 3.53. The molecule has 110 valence electrons. The molecule has 0 unspecified atom stereocenters. The van der Waals surface area contributed by atoms with Gasteiger partial charge in [0.15, 0.2) is 0 Å². The first-order valence-corrected chi connectivity index (χ1v) is 7.87. The molecular formula is C12H13N5O2S2. The van der Waals surface area contributed by atoms with Gasteiger partial charge in [-0.1, -0.05) is 11.8 Å². The van der Waals surface area contributed by atoms with Crippen molar-refractivity contribution in [2.24, 2.45) is 0 Å². The number of H-pyrrole nitrogens is 1. The zero-order valence-electron chi connectivity index (χ0n) is 11.5. The van der Waals surface area contributed by atoms with Crippen molar-refractivity contribution >= 4 is 34.1 Å². The Morgan fingerprint density at radius 1 is 1.62 bits per heavy atom. The minimum atomic E-state index is -0.461. The van der Waals surface area contributed by atoms with Gasteiger partial charge >= 0.3 is 5.97 Å². The fourth-order valence-electron chi connectivity index (χ4n) is 1.63. The molecule has 2 aromatic rings. The summed E-state index contributed by atoms with van der Waals surface area (Å²) in [6, 6.07) is 2.04. The number of nitrogens with zero attached hydrogens (tertiary/aromatic N) is 3. The molecule has 3 N–H and O–H groups in total. The zero-order chi connectivity index (χ0) is 15.4. The van der Waals surface area contributed by atoms with Crippen molar-refractivity contribution in [3.05, 3.63) is 21.8 Å². The largest absolute Gasteiger partial charge is 0.462 e. The third-order valence-corrected chi connectivity index (χ3v) is 4.44. The molecule has 0 aromatic carbocycles. The quantitative estimate of drug-likeness (QED) is 0.639. The van der Waals surface area contributed by atoms with Crippen LogP contribution in [0.1, 0.15) is 33.5 Å². The summed E-state index contributed by atoms with van der Waals surface area (Å²) in [7, 11) is 0. The Bertz CT molecular complexity index is 701. The third kappa shape index (κ3) is 3.34. The van der Waals surface area contributed by atoms with Crippen LogP contribution in [0.15, 0.2) is 5.16 Å². The summed E-state index contributed by atoms with van der Waals surface area (Å²) in [5.41, 5.74) is 6.70. The Hall–Kier alpha value is -2.05. The van der Waals surface area contributed by atoms with E-state index in [1.807, 2.05) is 6.07 Å². The molecule has 0 bridgehead atoms. The summed E-state index contributed by atoms with van der Waals surface area (Å²) in [4.78, 5) is 16.5. The van der Waals surface area contributed by atoms with Gasteiger partial charge in [-0.3, -0.25) is 5.10 Å². The van der Waals surface area contributed by atoms with Crippen molar-refractivity contribution in [2.75, 3.05) is 12.3 Å². The number of ether oxygens (including phenoxy) is 1. The molecule has 0 amide bonds. The minimum absolute atomic E-state index is 0.269. The van der Waals surface area contributed by atoms with Gasteiger partial charge in [0.25, 0.3) is 0 Å². The monoisotopic (exact) mass is 323 g/mol. The van der Waals surface area contributed by atoms with Crippen LogP contribution < -0.4 is 5.73 Å². The van der Waals surface area contributed by atoms with E-state index in [0.29, 0.717) is 37.7 Å². The van der Waals surface area contributed by atoms with E-state index in [9.17, 15) is 10.1 Å². The lowest BCUT2D eigenvalue weighted by molar-refractivity contribution is 0.0531. The van der Waals surface area contributed by atoms with E-state index in [2.05, 4.69) is 15.2 Å². The number of rotatable bonds is 5. The highest BCUT2D eigenvalue weighted by Gasteiger charge is 2.23. The van der Waals surface area contributed by atoms with Crippen LogP contribution in [0.2, 0.25) is 0 Å². The second-order valence-electron chi connectivity index (χ2n) is 3.97. The number of esters is 1. The number of aromatic nitrogens is 3. The number of aryl methyl sites for hydroxylation is 1. The molecule has 0 saturated carbocycles. The number of nitriles is 1. The summed E-state index contributed by atoms with van der Waals surface area (Å²) in [6.07, 6.45) is 0. The van der Waals surface area contributed by atoms with Gasteiger partial charge in [0.2, 0.25) is 5.16 Å². The Kier molecular flexibility index (Phi) is 4.82. The Labute approximate surface area is 129 Å². The van der Waals surface area contributed by atoms with Crippen LogP contribution in [0, 0.1) is 18.3 Å². The summed E-state index contributed by atoms with van der Waals surface area (Å²) >= 11 is 2.40. The number of hydrogen-bond acceptors (Lipinski definition) is 8. The zero-order valence-corrected chi connectivity index (χ0v) is 13.1. The number of thiophene rings is 1. The maximum Gasteiger partial charge on any atom is 0.348 e.